The summed E-state index contributed by atoms with van der Waals surface area (Å²) >= 11 is 0. The third kappa shape index (κ3) is 3.21. The molecule has 0 amide bonds. The number of piperidine rings is 1. The first kappa shape index (κ1) is 18.0. The topological polar surface area (TPSA) is 66.9 Å². The number of allylic oxidation sites excluding steroid dienone is 1. The van der Waals surface area contributed by atoms with Crippen LogP contribution >= 0.6 is 0 Å². The minimum absolute atomic E-state index is 0.0443. The number of ketones is 1. The highest BCUT2D eigenvalue weighted by molar-refractivity contribution is 6.15. The predicted octanol–water partition coefficient (Wildman–Crippen LogP) is 3.00. The van der Waals surface area contributed by atoms with E-state index in [0.29, 0.717) is 34.7 Å². The third-order valence-electron chi connectivity index (χ3n) is 5.91. The summed E-state index contributed by atoms with van der Waals surface area (Å²) in [5.41, 5.74) is 2.55. The van der Waals surface area contributed by atoms with Crippen LogP contribution in [0.3, 0.4) is 0 Å². The highest BCUT2D eigenvalue weighted by Gasteiger charge is 2.33. The van der Waals surface area contributed by atoms with Gasteiger partial charge in [-0.15, -0.1) is 0 Å². The molecule has 0 bridgehead atoms. The van der Waals surface area contributed by atoms with Crippen LogP contribution in [-0.4, -0.2) is 18.9 Å². The Kier molecular flexibility index (Phi) is 4.40. The van der Waals surface area contributed by atoms with Gasteiger partial charge >= 0.3 is 0 Å². The summed E-state index contributed by atoms with van der Waals surface area (Å²) < 4.78 is 11.8. The van der Waals surface area contributed by atoms with Gasteiger partial charge in [-0.1, -0.05) is 30.0 Å². The lowest BCUT2D eigenvalue weighted by molar-refractivity contribution is -0.918. The monoisotopic (exact) mass is 389 g/mol. The number of quaternary nitrogens is 1. The van der Waals surface area contributed by atoms with Gasteiger partial charge < -0.3 is 19.2 Å². The Bertz CT molecular complexity index is 1100. The average Bonchev–Trinajstić information content (AvgIpc) is 3.27. The molecule has 0 radical (unpaired) electrons. The highest BCUT2D eigenvalue weighted by atomic mass is 16.5. The summed E-state index contributed by atoms with van der Waals surface area (Å²) in [6.45, 7) is 4.51. The number of nitrogens with one attached hydrogen (secondary N) is 1. The van der Waals surface area contributed by atoms with Gasteiger partial charge in [0.05, 0.1) is 18.7 Å². The number of furan rings is 1. The lowest BCUT2D eigenvalue weighted by atomic mass is 9.99. The largest absolute Gasteiger partial charge is 0.872 e. The van der Waals surface area contributed by atoms with E-state index in [2.05, 4.69) is 0 Å². The molecule has 2 aromatic carbocycles. The van der Waals surface area contributed by atoms with E-state index < -0.39 is 0 Å². The summed E-state index contributed by atoms with van der Waals surface area (Å²) in [7, 11) is 0. The molecule has 2 aliphatic rings. The number of hydrogen-bond donors (Lipinski definition) is 1. The van der Waals surface area contributed by atoms with Crippen LogP contribution in [0, 0.1) is 6.92 Å². The van der Waals surface area contributed by atoms with Gasteiger partial charge in [-0.3, -0.25) is 4.79 Å². The number of carbonyl (C=O) groups is 1. The van der Waals surface area contributed by atoms with Crippen LogP contribution in [0.15, 0.2) is 46.6 Å². The standard InChI is InChI=1S/C24H23NO4/c1-15-11-19(26)18(14-25-9-5-2-6-10-25)24-22(15)23(27)21(29-24)13-17-12-16-7-3-4-8-20(16)28-17/h3-4,7-8,11-13,26H,2,5-6,9-10,14H2,1H3. The fourth-order valence-electron chi connectivity index (χ4n) is 4.42. The molecule has 1 aromatic heterocycles. The molecule has 5 heteroatoms. The maximum atomic E-state index is 13.0. The summed E-state index contributed by atoms with van der Waals surface area (Å²) in [5, 5.41) is 13.7. The Labute approximate surface area is 169 Å². The number of rotatable bonds is 3. The molecule has 1 saturated heterocycles. The maximum Gasteiger partial charge on any atom is 0.232 e. The van der Waals surface area contributed by atoms with E-state index in [4.69, 9.17) is 9.15 Å². The first-order chi connectivity index (χ1) is 14.1. The van der Waals surface area contributed by atoms with Gasteiger partial charge in [0.2, 0.25) is 5.78 Å². The van der Waals surface area contributed by atoms with Crippen molar-refractivity contribution in [2.24, 2.45) is 0 Å². The second-order valence-corrected chi connectivity index (χ2v) is 7.99. The molecule has 0 atom stereocenters. The predicted molar refractivity (Wildman–Crippen MR) is 108 cm³/mol. The van der Waals surface area contributed by atoms with Crippen LogP contribution < -0.4 is 14.7 Å². The van der Waals surface area contributed by atoms with E-state index in [-0.39, 0.29) is 17.3 Å². The molecule has 0 saturated carbocycles. The van der Waals surface area contributed by atoms with Gasteiger partial charge in [-0.2, -0.15) is 0 Å². The van der Waals surface area contributed by atoms with Crippen molar-refractivity contribution < 1.29 is 24.0 Å². The fourth-order valence-corrected chi connectivity index (χ4v) is 4.42. The van der Waals surface area contributed by atoms with E-state index in [1.807, 2.05) is 30.3 Å². The first-order valence-corrected chi connectivity index (χ1v) is 10.2. The van der Waals surface area contributed by atoms with Crippen molar-refractivity contribution in [2.75, 3.05) is 13.1 Å². The van der Waals surface area contributed by atoms with Crippen molar-refractivity contribution in [2.45, 2.75) is 32.7 Å². The van der Waals surface area contributed by atoms with Crippen molar-refractivity contribution in [3.8, 4) is 11.5 Å². The van der Waals surface area contributed by atoms with Crippen molar-refractivity contribution in [3.63, 3.8) is 0 Å². The molecule has 5 rings (SSSR count). The zero-order chi connectivity index (χ0) is 20.0. The van der Waals surface area contributed by atoms with Crippen molar-refractivity contribution in [1.29, 1.82) is 0 Å². The molecule has 1 N–H and O–H groups in total. The maximum absolute atomic E-state index is 13.0. The molecule has 3 aromatic rings. The molecule has 0 aliphatic carbocycles. The molecule has 2 aliphatic heterocycles. The van der Waals surface area contributed by atoms with Crippen LogP contribution in [0.1, 0.15) is 46.5 Å². The molecule has 3 heterocycles. The van der Waals surface area contributed by atoms with Crippen molar-refractivity contribution >= 4 is 22.8 Å². The van der Waals surface area contributed by atoms with Gasteiger partial charge in [-0.25, -0.2) is 0 Å². The van der Waals surface area contributed by atoms with Gasteiger partial charge in [0.15, 0.2) is 5.76 Å². The normalized spacial score (nSPS) is 18.4. The van der Waals surface area contributed by atoms with Gasteiger partial charge in [0.25, 0.3) is 0 Å². The Balaban J connectivity index is 1.52. The molecule has 148 valence electrons. The Morgan fingerprint density at radius 3 is 2.72 bits per heavy atom. The lowest BCUT2D eigenvalue weighted by Gasteiger charge is -2.26. The fraction of sp³-hybridized carbons (Fsp3) is 0.292. The highest BCUT2D eigenvalue weighted by Crippen LogP contribution is 2.40. The molecule has 0 spiro atoms. The van der Waals surface area contributed by atoms with E-state index in [1.54, 1.807) is 19.1 Å². The summed E-state index contributed by atoms with van der Waals surface area (Å²) in [6.07, 6.45) is 5.23. The average molecular weight is 389 g/mol. The molecule has 5 nitrogen and oxygen atoms in total. The van der Waals surface area contributed by atoms with Gasteiger partial charge in [0, 0.05) is 17.0 Å². The summed E-state index contributed by atoms with van der Waals surface area (Å²) in [5.74, 6) is 0.985. The van der Waals surface area contributed by atoms with Crippen LogP contribution in [0.2, 0.25) is 0 Å². The Morgan fingerprint density at radius 1 is 1.14 bits per heavy atom. The number of carbonyl (C=O) groups excluding carboxylic acids is 1. The minimum Gasteiger partial charge on any atom is -0.872 e. The third-order valence-corrected chi connectivity index (χ3v) is 5.91. The SMILES string of the molecule is Cc1cc([O-])c(C[NH+]2CCCCC2)c2c1C(=O)C(=Cc1cc3ccccc3o1)O2. The zero-order valence-electron chi connectivity index (χ0n) is 16.4. The summed E-state index contributed by atoms with van der Waals surface area (Å²) in [6, 6.07) is 11.1. The van der Waals surface area contributed by atoms with Crippen LogP contribution in [0.5, 0.6) is 11.5 Å². The first-order valence-electron chi connectivity index (χ1n) is 10.2. The Morgan fingerprint density at radius 2 is 1.93 bits per heavy atom. The van der Waals surface area contributed by atoms with Gasteiger partial charge in [0.1, 0.15) is 23.6 Å². The number of fused-ring (bicyclic) bond motifs is 2. The van der Waals surface area contributed by atoms with E-state index in [9.17, 15) is 9.90 Å². The van der Waals surface area contributed by atoms with Crippen LogP contribution in [0.4, 0.5) is 0 Å². The second-order valence-electron chi connectivity index (χ2n) is 7.99. The molecular formula is C24H23NO4. The lowest BCUT2D eigenvalue weighted by Crippen LogP contribution is -3.11. The summed E-state index contributed by atoms with van der Waals surface area (Å²) in [4.78, 5) is 14.4. The number of ether oxygens (including phenoxy) is 1. The minimum atomic E-state index is -0.187. The van der Waals surface area contributed by atoms with Crippen LogP contribution in [-0.2, 0) is 6.54 Å². The van der Waals surface area contributed by atoms with Crippen molar-refractivity contribution in [3.05, 3.63) is 64.6 Å². The smallest absolute Gasteiger partial charge is 0.232 e. The zero-order valence-corrected chi connectivity index (χ0v) is 16.4. The Hall–Kier alpha value is -3.05. The van der Waals surface area contributed by atoms with E-state index in [0.717, 1.165) is 24.1 Å². The number of Topliss-reactive ketones (excluding diaryl/α,β-unsaturated/α-hetero) is 1. The molecular weight excluding hydrogens is 366 g/mol. The number of para-hydroxylation sites is 1. The number of aryl methyl sites for hydroxylation is 1. The van der Waals surface area contributed by atoms with Gasteiger partial charge in [-0.05, 0) is 43.9 Å². The van der Waals surface area contributed by atoms with Crippen LogP contribution in [0.25, 0.3) is 17.0 Å². The van der Waals surface area contributed by atoms with E-state index in [1.165, 1.54) is 24.2 Å². The quantitative estimate of drug-likeness (QED) is 0.700. The van der Waals surface area contributed by atoms with E-state index >= 15 is 0 Å². The molecule has 0 unspecified atom stereocenters. The number of hydrogen-bond acceptors (Lipinski definition) is 4. The molecule has 1 fully saturated rings. The van der Waals surface area contributed by atoms with Crippen molar-refractivity contribution in [1.82, 2.24) is 0 Å². The number of benzene rings is 2. The number of likely N-dealkylation sites (tertiary alicyclic amines) is 1. The second kappa shape index (κ2) is 7.08. The molecule has 29 heavy (non-hydrogen) atoms.